The average molecular weight is 394 g/mol. The highest BCUT2D eigenvalue weighted by atomic mass is 19.3. The molecule has 0 radical (unpaired) electrons. The number of carbonyl (C=O) groups excluding carboxylic acids is 1. The van der Waals surface area contributed by atoms with Gasteiger partial charge in [-0.25, -0.2) is 4.68 Å². The zero-order valence-electron chi connectivity index (χ0n) is 15.2. The topological polar surface area (TPSA) is 106 Å². The maximum Gasteiger partial charge on any atom is 0.387 e. The van der Waals surface area contributed by atoms with Crippen LogP contribution in [0.2, 0.25) is 0 Å². The van der Waals surface area contributed by atoms with Gasteiger partial charge < -0.3 is 15.2 Å². The van der Waals surface area contributed by atoms with E-state index >= 15 is 0 Å². The van der Waals surface area contributed by atoms with Gasteiger partial charge in [0.2, 0.25) is 0 Å². The van der Waals surface area contributed by atoms with Gasteiger partial charge in [-0.05, 0) is 44.0 Å². The molecule has 28 heavy (non-hydrogen) atoms. The number of nitrogens with one attached hydrogen (secondary N) is 1. The fourth-order valence-electron chi connectivity index (χ4n) is 3.54. The molecule has 10 heteroatoms. The van der Waals surface area contributed by atoms with Crippen LogP contribution in [0.4, 0.5) is 8.78 Å². The van der Waals surface area contributed by atoms with Gasteiger partial charge in [-0.15, -0.1) is 5.10 Å². The van der Waals surface area contributed by atoms with Crippen molar-refractivity contribution >= 4 is 11.9 Å². The molecule has 0 spiro atoms. The molecule has 1 amide bonds. The molecule has 2 N–H and O–H groups in total. The smallest absolute Gasteiger partial charge is 0.387 e. The quantitative estimate of drug-likeness (QED) is 0.748. The number of halogens is 2. The van der Waals surface area contributed by atoms with Gasteiger partial charge in [0.05, 0.1) is 23.3 Å². The minimum Gasteiger partial charge on any atom is -0.481 e. The number of aliphatic carboxylic acids is 1. The van der Waals surface area contributed by atoms with E-state index in [9.17, 15) is 18.4 Å². The molecular formula is C18H20F2N4O4. The second kappa shape index (κ2) is 7.91. The highest BCUT2D eigenvalue weighted by Crippen LogP contribution is 2.33. The van der Waals surface area contributed by atoms with E-state index in [1.54, 1.807) is 6.92 Å². The highest BCUT2D eigenvalue weighted by molar-refractivity contribution is 5.94. The van der Waals surface area contributed by atoms with Crippen molar-refractivity contribution in [2.24, 2.45) is 0 Å². The maximum atomic E-state index is 12.7. The molecule has 3 rings (SSSR count). The number of alkyl halides is 2. The monoisotopic (exact) mass is 394 g/mol. The number of carboxylic acids is 1. The third kappa shape index (κ3) is 4.26. The van der Waals surface area contributed by atoms with Crippen LogP contribution in [-0.4, -0.2) is 44.1 Å². The Morgan fingerprint density at radius 1 is 1.29 bits per heavy atom. The van der Waals surface area contributed by atoms with Crippen LogP contribution in [0.5, 0.6) is 5.75 Å². The van der Waals surface area contributed by atoms with Crippen molar-refractivity contribution in [2.75, 3.05) is 0 Å². The fraction of sp³-hybridized carbons (Fsp3) is 0.444. The summed E-state index contributed by atoms with van der Waals surface area (Å²) in [6.07, 6.45) is 2.77. The van der Waals surface area contributed by atoms with Gasteiger partial charge in [-0.1, -0.05) is 18.1 Å². The van der Waals surface area contributed by atoms with E-state index < -0.39 is 24.0 Å². The van der Waals surface area contributed by atoms with Crippen molar-refractivity contribution in [3.8, 4) is 11.4 Å². The first-order valence-electron chi connectivity index (χ1n) is 8.81. The number of hydrogen-bond acceptors (Lipinski definition) is 5. The van der Waals surface area contributed by atoms with Gasteiger partial charge in [0.15, 0.2) is 5.69 Å². The van der Waals surface area contributed by atoms with Gasteiger partial charge in [-0.3, -0.25) is 9.59 Å². The number of ether oxygens (including phenoxy) is 1. The summed E-state index contributed by atoms with van der Waals surface area (Å²) in [6, 6.07) is 5.76. The molecule has 1 saturated carbocycles. The van der Waals surface area contributed by atoms with E-state index in [0.29, 0.717) is 24.2 Å². The van der Waals surface area contributed by atoms with Crippen LogP contribution in [0.1, 0.15) is 48.3 Å². The number of rotatable bonds is 7. The number of benzene rings is 1. The summed E-state index contributed by atoms with van der Waals surface area (Å²) < 4.78 is 30.2. The van der Waals surface area contributed by atoms with Crippen molar-refractivity contribution < 1.29 is 28.2 Å². The first-order chi connectivity index (χ1) is 13.3. The molecule has 1 aliphatic carbocycles. The van der Waals surface area contributed by atoms with Gasteiger partial charge in [0.25, 0.3) is 5.91 Å². The van der Waals surface area contributed by atoms with Crippen molar-refractivity contribution in [2.45, 2.75) is 51.2 Å². The van der Waals surface area contributed by atoms with Crippen LogP contribution in [0.15, 0.2) is 24.3 Å². The molecule has 0 atom stereocenters. The number of carboxylic acid groups (broad SMARTS) is 1. The first kappa shape index (κ1) is 19.7. The third-order valence-electron chi connectivity index (χ3n) is 4.85. The van der Waals surface area contributed by atoms with Gasteiger partial charge in [0, 0.05) is 0 Å². The minimum absolute atomic E-state index is 0.00586. The molecular weight excluding hydrogens is 374 g/mol. The lowest BCUT2D eigenvalue weighted by Crippen LogP contribution is -2.48. The molecule has 150 valence electrons. The third-order valence-corrected chi connectivity index (χ3v) is 4.85. The maximum absolute atomic E-state index is 12.7. The molecule has 1 fully saturated rings. The Bertz CT molecular complexity index is 861. The van der Waals surface area contributed by atoms with E-state index in [2.05, 4.69) is 20.4 Å². The SMILES string of the molecule is Cc1c(C(=O)NC2(CC(=O)O)CCCC2)nnn1-c1ccc(OC(F)F)cc1. The van der Waals surface area contributed by atoms with E-state index in [-0.39, 0.29) is 17.9 Å². The lowest BCUT2D eigenvalue weighted by atomic mass is 9.93. The Kier molecular flexibility index (Phi) is 5.57. The summed E-state index contributed by atoms with van der Waals surface area (Å²) in [5.74, 6) is -1.44. The summed E-state index contributed by atoms with van der Waals surface area (Å²) in [7, 11) is 0. The Labute approximate surface area is 159 Å². The number of aromatic nitrogens is 3. The van der Waals surface area contributed by atoms with Crippen LogP contribution < -0.4 is 10.1 Å². The second-order valence-electron chi connectivity index (χ2n) is 6.82. The molecule has 8 nitrogen and oxygen atoms in total. The van der Waals surface area contributed by atoms with E-state index in [1.807, 2.05) is 0 Å². The molecule has 0 bridgehead atoms. The molecule has 1 aromatic heterocycles. The Morgan fingerprint density at radius 3 is 2.50 bits per heavy atom. The van der Waals surface area contributed by atoms with Gasteiger partial charge in [0.1, 0.15) is 5.75 Å². The summed E-state index contributed by atoms with van der Waals surface area (Å²) >= 11 is 0. The highest BCUT2D eigenvalue weighted by Gasteiger charge is 2.38. The summed E-state index contributed by atoms with van der Waals surface area (Å²) in [5, 5.41) is 19.9. The number of hydrogen-bond donors (Lipinski definition) is 2. The molecule has 0 saturated heterocycles. The Hall–Kier alpha value is -3.04. The van der Waals surface area contributed by atoms with Crippen LogP contribution in [-0.2, 0) is 4.79 Å². The van der Waals surface area contributed by atoms with Crippen molar-refractivity contribution in [3.05, 3.63) is 35.7 Å². The summed E-state index contributed by atoms with van der Waals surface area (Å²) in [5.41, 5.74) is 0.285. The average Bonchev–Trinajstić information content (AvgIpc) is 3.21. The largest absolute Gasteiger partial charge is 0.481 e. The summed E-state index contributed by atoms with van der Waals surface area (Å²) in [6.45, 7) is -1.26. The van der Waals surface area contributed by atoms with Gasteiger partial charge in [-0.2, -0.15) is 8.78 Å². The van der Waals surface area contributed by atoms with Crippen LogP contribution in [0.3, 0.4) is 0 Å². The first-order valence-corrected chi connectivity index (χ1v) is 8.81. The number of carbonyl (C=O) groups is 2. The standard InChI is InChI=1S/C18H20F2N4O4/c1-11-15(16(27)21-18(10-14(25)26)8-2-3-9-18)22-23-24(11)12-4-6-13(7-5-12)28-17(19)20/h4-7,17H,2-3,8-10H2,1H3,(H,21,27)(H,25,26). The predicted octanol–water partition coefficient (Wildman–Crippen LogP) is 2.69. The van der Waals surface area contributed by atoms with E-state index in [0.717, 1.165) is 12.8 Å². The molecule has 2 aromatic rings. The lowest BCUT2D eigenvalue weighted by Gasteiger charge is -2.28. The molecule has 1 heterocycles. The van der Waals surface area contributed by atoms with E-state index in [4.69, 9.17) is 5.11 Å². The predicted molar refractivity (Wildman–Crippen MR) is 93.6 cm³/mol. The van der Waals surface area contributed by atoms with Crippen molar-refractivity contribution in [1.29, 1.82) is 0 Å². The minimum atomic E-state index is -2.91. The molecule has 0 unspecified atom stereocenters. The summed E-state index contributed by atoms with van der Waals surface area (Å²) in [4.78, 5) is 23.9. The number of nitrogens with zero attached hydrogens (tertiary/aromatic N) is 3. The van der Waals surface area contributed by atoms with Crippen LogP contribution in [0.25, 0.3) is 5.69 Å². The van der Waals surface area contributed by atoms with E-state index in [1.165, 1.54) is 28.9 Å². The molecule has 1 aromatic carbocycles. The van der Waals surface area contributed by atoms with Crippen molar-refractivity contribution in [1.82, 2.24) is 20.3 Å². The van der Waals surface area contributed by atoms with Crippen LogP contribution >= 0.6 is 0 Å². The van der Waals surface area contributed by atoms with Crippen molar-refractivity contribution in [3.63, 3.8) is 0 Å². The zero-order chi connectivity index (χ0) is 20.3. The zero-order valence-corrected chi connectivity index (χ0v) is 15.2. The molecule has 0 aliphatic heterocycles. The lowest BCUT2D eigenvalue weighted by molar-refractivity contribution is -0.138. The van der Waals surface area contributed by atoms with Gasteiger partial charge >= 0.3 is 12.6 Å². The Balaban J connectivity index is 1.78. The second-order valence-corrected chi connectivity index (χ2v) is 6.82. The fourth-order valence-corrected chi connectivity index (χ4v) is 3.54. The Morgan fingerprint density at radius 2 is 1.93 bits per heavy atom. The number of amides is 1. The van der Waals surface area contributed by atoms with Crippen LogP contribution in [0, 0.1) is 6.92 Å². The normalized spacial score (nSPS) is 15.6. The molecule has 1 aliphatic rings.